The zero-order valence-electron chi connectivity index (χ0n) is 15.2. The molecule has 0 unspecified atom stereocenters. The smallest absolute Gasteiger partial charge is 0.274 e. The number of hydrogen-bond donors (Lipinski definition) is 3. The Hall–Kier alpha value is -3.68. The van der Waals surface area contributed by atoms with Crippen LogP contribution in [0.15, 0.2) is 59.4 Å². The van der Waals surface area contributed by atoms with Crippen molar-refractivity contribution in [2.24, 2.45) is 0 Å². The minimum atomic E-state index is -0.282. The molecule has 8 heteroatoms. The highest BCUT2D eigenvalue weighted by Gasteiger charge is 2.08. The number of halogens is 1. The van der Waals surface area contributed by atoms with Crippen molar-refractivity contribution in [3.8, 4) is 0 Å². The fourth-order valence-electron chi connectivity index (χ4n) is 2.83. The fourth-order valence-corrected chi connectivity index (χ4v) is 2.83. The second kappa shape index (κ2) is 7.51. The summed E-state index contributed by atoms with van der Waals surface area (Å²) in [6.07, 6.45) is 0. The predicted octanol–water partition coefficient (Wildman–Crippen LogP) is 3.09. The van der Waals surface area contributed by atoms with Crippen LogP contribution in [0.4, 0.5) is 16.0 Å². The number of anilines is 2. The summed E-state index contributed by atoms with van der Waals surface area (Å²) in [4.78, 5) is 21.1. The van der Waals surface area contributed by atoms with E-state index in [0.29, 0.717) is 24.7 Å². The summed E-state index contributed by atoms with van der Waals surface area (Å²) in [5.41, 5.74) is 3.37. The molecule has 0 saturated heterocycles. The Morgan fingerprint density at radius 1 is 1.04 bits per heavy atom. The number of nitrogens with zero attached hydrogens (tertiary/aromatic N) is 3. The van der Waals surface area contributed by atoms with E-state index in [1.807, 2.05) is 31.2 Å². The molecule has 0 aliphatic rings. The third-order valence-corrected chi connectivity index (χ3v) is 4.25. The maximum atomic E-state index is 13.0. The van der Waals surface area contributed by atoms with Crippen LogP contribution in [0.1, 0.15) is 16.8 Å². The van der Waals surface area contributed by atoms with Gasteiger partial charge in [-0.1, -0.05) is 24.3 Å². The third-order valence-electron chi connectivity index (χ3n) is 4.25. The van der Waals surface area contributed by atoms with Gasteiger partial charge in [0.25, 0.3) is 11.3 Å². The minimum absolute atomic E-state index is 0.242. The quantitative estimate of drug-likeness (QED) is 0.480. The van der Waals surface area contributed by atoms with Crippen molar-refractivity contribution in [1.29, 1.82) is 0 Å². The molecule has 2 aromatic carbocycles. The first-order valence-electron chi connectivity index (χ1n) is 8.84. The molecule has 4 aromatic rings. The molecular formula is C20H19FN6O. The number of nitrogens with one attached hydrogen (secondary N) is 3. The number of benzene rings is 2. The molecule has 0 aliphatic heterocycles. The van der Waals surface area contributed by atoms with Crippen LogP contribution < -0.4 is 16.2 Å². The summed E-state index contributed by atoms with van der Waals surface area (Å²) in [7, 11) is 0. The van der Waals surface area contributed by atoms with Crippen LogP contribution >= 0.6 is 0 Å². The van der Waals surface area contributed by atoms with E-state index >= 15 is 0 Å². The van der Waals surface area contributed by atoms with Crippen molar-refractivity contribution in [2.45, 2.75) is 20.0 Å². The van der Waals surface area contributed by atoms with Gasteiger partial charge in [0.15, 0.2) is 0 Å². The number of fused-ring (bicyclic) bond motifs is 1. The van der Waals surface area contributed by atoms with Crippen molar-refractivity contribution < 1.29 is 4.39 Å². The summed E-state index contributed by atoms with van der Waals surface area (Å²) in [5.74, 6) is 0.419. The highest BCUT2D eigenvalue weighted by Crippen LogP contribution is 2.11. The molecule has 2 aromatic heterocycles. The highest BCUT2D eigenvalue weighted by molar-refractivity contribution is 5.46. The van der Waals surface area contributed by atoms with Crippen LogP contribution in [0, 0.1) is 12.7 Å². The average Bonchev–Trinajstić information content (AvgIpc) is 3.10. The lowest BCUT2D eigenvalue weighted by Gasteiger charge is -2.06. The zero-order valence-corrected chi connectivity index (χ0v) is 15.2. The fraction of sp³-hybridized carbons (Fsp3) is 0.150. The summed E-state index contributed by atoms with van der Waals surface area (Å²) < 4.78 is 14.3. The number of H-pyrrole nitrogens is 1. The van der Waals surface area contributed by atoms with Gasteiger partial charge >= 0.3 is 0 Å². The van der Waals surface area contributed by atoms with Crippen molar-refractivity contribution in [1.82, 2.24) is 19.6 Å². The normalized spacial score (nSPS) is 10.9. The molecule has 0 saturated carbocycles. The number of hydrogen-bond acceptors (Lipinski definition) is 5. The third kappa shape index (κ3) is 4.01. The lowest BCUT2D eigenvalue weighted by Crippen LogP contribution is -2.17. The van der Waals surface area contributed by atoms with Gasteiger partial charge in [-0.2, -0.15) is 9.50 Å². The number of rotatable bonds is 6. The lowest BCUT2D eigenvalue weighted by molar-refractivity contribution is 0.627. The first-order chi connectivity index (χ1) is 13.6. The van der Waals surface area contributed by atoms with Gasteiger partial charge in [0, 0.05) is 18.3 Å². The molecule has 0 radical (unpaired) electrons. The molecule has 2 heterocycles. The lowest BCUT2D eigenvalue weighted by atomic mass is 10.2. The van der Waals surface area contributed by atoms with Crippen LogP contribution in [0.25, 0.3) is 5.78 Å². The van der Waals surface area contributed by atoms with Gasteiger partial charge in [0.05, 0.1) is 12.2 Å². The Balaban J connectivity index is 1.48. The second-order valence-electron chi connectivity index (χ2n) is 6.50. The van der Waals surface area contributed by atoms with Crippen LogP contribution in [-0.4, -0.2) is 19.6 Å². The first-order valence-corrected chi connectivity index (χ1v) is 8.84. The minimum Gasteiger partial charge on any atom is -0.379 e. The molecule has 0 atom stereocenters. The number of aromatic amines is 1. The summed E-state index contributed by atoms with van der Waals surface area (Å²) in [5, 5.41) is 9.21. The molecule has 0 bridgehead atoms. The highest BCUT2D eigenvalue weighted by atomic mass is 19.1. The molecule has 7 nitrogen and oxygen atoms in total. The molecule has 28 heavy (non-hydrogen) atoms. The Morgan fingerprint density at radius 2 is 1.86 bits per heavy atom. The van der Waals surface area contributed by atoms with Crippen LogP contribution in [0.3, 0.4) is 0 Å². The monoisotopic (exact) mass is 378 g/mol. The van der Waals surface area contributed by atoms with Gasteiger partial charge in [-0.25, -0.2) is 9.37 Å². The van der Waals surface area contributed by atoms with Gasteiger partial charge in [-0.05, 0) is 42.3 Å². The Morgan fingerprint density at radius 3 is 2.64 bits per heavy atom. The standard InChI is InChI=1S/C20H19FN6O/c1-13-3-2-4-16(9-13)22-12-17-10-18(28)27-20(24-17)25-19(26-27)23-11-14-5-7-15(21)8-6-14/h2-10,22H,11-12H2,1H3,(H2,23,24,25,26). The number of aryl methyl sites for hydroxylation is 1. The van der Waals surface area contributed by atoms with Crippen LogP contribution in [0.2, 0.25) is 0 Å². The van der Waals surface area contributed by atoms with Gasteiger partial charge in [0.2, 0.25) is 5.95 Å². The second-order valence-corrected chi connectivity index (χ2v) is 6.50. The van der Waals surface area contributed by atoms with E-state index in [1.165, 1.54) is 22.7 Å². The Kier molecular flexibility index (Phi) is 4.76. The molecule has 0 fully saturated rings. The predicted molar refractivity (Wildman–Crippen MR) is 106 cm³/mol. The van der Waals surface area contributed by atoms with E-state index in [0.717, 1.165) is 16.8 Å². The topological polar surface area (TPSA) is 87.1 Å². The number of aromatic nitrogens is 4. The summed E-state index contributed by atoms with van der Waals surface area (Å²) >= 11 is 0. The van der Waals surface area contributed by atoms with Crippen LogP contribution in [0.5, 0.6) is 0 Å². The largest absolute Gasteiger partial charge is 0.379 e. The SMILES string of the molecule is Cc1cccc(NCc2cc(=O)n3[nH]c(NCc4ccc(F)cc4)nc3n2)c1. The van der Waals surface area contributed by atoms with Gasteiger partial charge < -0.3 is 10.6 Å². The first kappa shape index (κ1) is 17.7. The van der Waals surface area contributed by atoms with E-state index in [4.69, 9.17) is 0 Å². The van der Waals surface area contributed by atoms with Crippen molar-refractivity contribution in [2.75, 3.05) is 10.6 Å². The molecule has 0 spiro atoms. The summed E-state index contributed by atoms with van der Waals surface area (Å²) in [6, 6.07) is 15.6. The maximum Gasteiger partial charge on any atom is 0.274 e. The molecular weight excluding hydrogens is 359 g/mol. The van der Waals surface area contributed by atoms with Crippen molar-refractivity contribution >= 4 is 17.4 Å². The Bertz CT molecular complexity index is 1170. The molecule has 0 aliphatic carbocycles. The van der Waals surface area contributed by atoms with Gasteiger partial charge in [-0.15, -0.1) is 0 Å². The van der Waals surface area contributed by atoms with E-state index < -0.39 is 0 Å². The van der Waals surface area contributed by atoms with Gasteiger partial charge in [0.1, 0.15) is 5.82 Å². The Labute approximate surface area is 160 Å². The average molecular weight is 378 g/mol. The zero-order chi connectivity index (χ0) is 19.5. The van der Waals surface area contributed by atoms with Crippen molar-refractivity contribution in [3.63, 3.8) is 0 Å². The summed E-state index contributed by atoms with van der Waals surface area (Å²) in [6.45, 7) is 2.88. The van der Waals surface area contributed by atoms with Crippen LogP contribution in [-0.2, 0) is 13.1 Å². The van der Waals surface area contributed by atoms with E-state index in [2.05, 4.69) is 25.7 Å². The molecule has 4 rings (SSSR count). The van der Waals surface area contributed by atoms with Gasteiger partial charge in [-0.3, -0.25) is 9.89 Å². The molecule has 3 N–H and O–H groups in total. The van der Waals surface area contributed by atoms with Crippen molar-refractivity contribution in [3.05, 3.63) is 87.6 Å². The maximum absolute atomic E-state index is 13.0. The molecule has 0 amide bonds. The van der Waals surface area contributed by atoms with E-state index in [9.17, 15) is 9.18 Å². The van der Waals surface area contributed by atoms with E-state index in [-0.39, 0.29) is 17.2 Å². The molecule has 142 valence electrons. The van der Waals surface area contributed by atoms with E-state index in [1.54, 1.807) is 12.1 Å².